The number of rotatable bonds is 2. The van der Waals surface area contributed by atoms with Crippen LogP contribution in [0.15, 0.2) is 25.6 Å². The van der Waals surface area contributed by atoms with E-state index in [1.54, 1.807) is 6.07 Å². The van der Waals surface area contributed by atoms with E-state index in [0.717, 1.165) is 0 Å². The maximum absolute atomic E-state index is 10.1. The Bertz CT molecular complexity index is 351. The monoisotopic (exact) mass is 250 g/mol. The normalized spacial score (nSPS) is 9.85. The molecule has 0 aliphatic rings. The predicted octanol–water partition coefficient (Wildman–Crippen LogP) is 2.38. The van der Waals surface area contributed by atoms with Crippen molar-refractivity contribution < 1.29 is 9.53 Å². The molecule has 0 fully saturated rings. The van der Waals surface area contributed by atoms with Gasteiger partial charge in [0.1, 0.15) is 5.75 Å². The molecule has 0 aromatic heterocycles. The standard InChI is InChI=1S/C7H6O2S4/c8-2-9-3-1-4(10)6(12)7(13)5(3)11/h1-2,10-13H. The van der Waals surface area contributed by atoms with Crippen molar-refractivity contribution in [1.29, 1.82) is 0 Å². The van der Waals surface area contributed by atoms with Crippen LogP contribution >= 0.6 is 50.5 Å². The summed E-state index contributed by atoms with van der Waals surface area (Å²) >= 11 is 16.5. The molecule has 0 bridgehead atoms. The van der Waals surface area contributed by atoms with Crippen molar-refractivity contribution in [2.24, 2.45) is 0 Å². The van der Waals surface area contributed by atoms with E-state index in [-0.39, 0.29) is 0 Å². The Morgan fingerprint density at radius 3 is 2.23 bits per heavy atom. The lowest BCUT2D eigenvalue weighted by Crippen LogP contribution is -1.92. The number of thiol groups is 4. The van der Waals surface area contributed by atoms with Gasteiger partial charge < -0.3 is 4.74 Å². The molecule has 0 saturated heterocycles. The van der Waals surface area contributed by atoms with E-state index in [1.807, 2.05) is 0 Å². The highest BCUT2D eigenvalue weighted by Crippen LogP contribution is 2.37. The summed E-state index contributed by atoms with van der Waals surface area (Å²) < 4.78 is 4.66. The van der Waals surface area contributed by atoms with E-state index < -0.39 is 0 Å². The minimum atomic E-state index is 0.325. The average molecular weight is 250 g/mol. The van der Waals surface area contributed by atoms with Crippen LogP contribution in [0.4, 0.5) is 0 Å². The molecule has 0 spiro atoms. The molecule has 1 aromatic carbocycles. The van der Waals surface area contributed by atoms with Crippen LogP contribution in [0.5, 0.6) is 5.75 Å². The third kappa shape index (κ3) is 2.31. The summed E-state index contributed by atoms with van der Waals surface area (Å²) in [5, 5.41) is 0. The third-order valence-corrected chi connectivity index (χ3v) is 3.61. The lowest BCUT2D eigenvalue weighted by Gasteiger charge is -2.09. The second-order valence-electron chi connectivity index (χ2n) is 2.15. The van der Waals surface area contributed by atoms with Crippen molar-refractivity contribution in [3.05, 3.63) is 6.07 Å². The molecule has 0 amide bonds. The molecule has 0 aliphatic carbocycles. The van der Waals surface area contributed by atoms with E-state index in [9.17, 15) is 4.79 Å². The molecule has 0 aliphatic heterocycles. The van der Waals surface area contributed by atoms with Gasteiger partial charge in [0, 0.05) is 14.7 Å². The summed E-state index contributed by atoms with van der Waals surface area (Å²) in [6, 6.07) is 1.56. The zero-order chi connectivity index (χ0) is 10.0. The molecule has 0 N–H and O–H groups in total. The van der Waals surface area contributed by atoms with Crippen molar-refractivity contribution in [1.82, 2.24) is 0 Å². The number of benzene rings is 1. The maximum Gasteiger partial charge on any atom is 0.298 e. The van der Waals surface area contributed by atoms with E-state index in [1.165, 1.54) is 0 Å². The molecular formula is C7H6O2S4. The van der Waals surface area contributed by atoms with Crippen LogP contribution in [0, 0.1) is 0 Å². The van der Waals surface area contributed by atoms with Crippen molar-refractivity contribution in [3.63, 3.8) is 0 Å². The molecule has 0 unspecified atom stereocenters. The average Bonchev–Trinajstić information content (AvgIpc) is 2.11. The number of ether oxygens (including phenoxy) is 1. The highest BCUT2D eigenvalue weighted by molar-refractivity contribution is 7.86. The Morgan fingerprint density at radius 2 is 1.69 bits per heavy atom. The van der Waals surface area contributed by atoms with Crippen LogP contribution in [0.25, 0.3) is 0 Å². The van der Waals surface area contributed by atoms with Crippen molar-refractivity contribution in [3.8, 4) is 5.75 Å². The van der Waals surface area contributed by atoms with Crippen molar-refractivity contribution in [2.45, 2.75) is 19.6 Å². The zero-order valence-corrected chi connectivity index (χ0v) is 9.84. The minimum Gasteiger partial charge on any atom is -0.427 e. The van der Waals surface area contributed by atoms with Gasteiger partial charge in [0.15, 0.2) is 0 Å². The van der Waals surface area contributed by atoms with Crippen LogP contribution in [0.2, 0.25) is 0 Å². The van der Waals surface area contributed by atoms with E-state index in [4.69, 9.17) is 0 Å². The Kier molecular flexibility index (Phi) is 3.90. The second-order valence-corrected chi connectivity index (χ2v) is 3.98. The first-order valence-corrected chi connectivity index (χ1v) is 4.94. The van der Waals surface area contributed by atoms with Crippen LogP contribution in [0.3, 0.4) is 0 Å². The third-order valence-electron chi connectivity index (χ3n) is 1.37. The van der Waals surface area contributed by atoms with Gasteiger partial charge >= 0.3 is 0 Å². The minimum absolute atomic E-state index is 0.325. The first-order valence-electron chi connectivity index (χ1n) is 3.15. The van der Waals surface area contributed by atoms with Crippen LogP contribution in [-0.4, -0.2) is 6.47 Å². The Hall–Kier alpha value is 0.0900. The highest BCUT2D eigenvalue weighted by atomic mass is 32.1. The number of carbonyl (C=O) groups is 1. The molecule has 0 radical (unpaired) electrons. The summed E-state index contributed by atoms with van der Waals surface area (Å²) in [7, 11) is 0. The van der Waals surface area contributed by atoms with Crippen molar-refractivity contribution in [2.75, 3.05) is 0 Å². The van der Waals surface area contributed by atoms with Gasteiger partial charge in [0.25, 0.3) is 6.47 Å². The van der Waals surface area contributed by atoms with Crippen LogP contribution in [0.1, 0.15) is 0 Å². The highest BCUT2D eigenvalue weighted by Gasteiger charge is 2.10. The lowest BCUT2D eigenvalue weighted by molar-refractivity contribution is -0.120. The molecule has 0 saturated carbocycles. The van der Waals surface area contributed by atoms with Gasteiger partial charge in [-0.15, -0.1) is 50.5 Å². The van der Waals surface area contributed by atoms with Crippen LogP contribution in [-0.2, 0) is 4.79 Å². The molecule has 1 rings (SSSR count). The van der Waals surface area contributed by atoms with Gasteiger partial charge in [0.05, 0.1) is 4.90 Å². The van der Waals surface area contributed by atoms with Gasteiger partial charge in [0.2, 0.25) is 0 Å². The summed E-state index contributed by atoms with van der Waals surface area (Å²) in [6.45, 7) is 0.327. The van der Waals surface area contributed by atoms with Gasteiger partial charge in [-0.05, 0) is 6.07 Å². The van der Waals surface area contributed by atoms with E-state index >= 15 is 0 Å². The quantitative estimate of drug-likeness (QED) is 0.479. The number of hydrogen-bond donors (Lipinski definition) is 4. The first-order chi connectivity index (χ1) is 6.07. The fourth-order valence-corrected chi connectivity index (χ4v) is 1.79. The largest absolute Gasteiger partial charge is 0.427 e. The van der Waals surface area contributed by atoms with Gasteiger partial charge in [-0.1, -0.05) is 0 Å². The molecule has 0 atom stereocenters. The summed E-state index contributed by atoms with van der Waals surface area (Å²) in [6.07, 6.45) is 0. The van der Waals surface area contributed by atoms with E-state index in [0.29, 0.717) is 31.8 Å². The van der Waals surface area contributed by atoms with Gasteiger partial charge in [-0.3, -0.25) is 4.79 Å². The molecule has 13 heavy (non-hydrogen) atoms. The topological polar surface area (TPSA) is 26.3 Å². The number of hydrogen-bond acceptors (Lipinski definition) is 6. The fourth-order valence-electron chi connectivity index (χ4n) is 0.753. The van der Waals surface area contributed by atoms with Gasteiger partial charge in [-0.25, -0.2) is 0 Å². The van der Waals surface area contributed by atoms with Crippen LogP contribution < -0.4 is 4.74 Å². The Balaban J connectivity index is 3.31. The Labute approximate surface area is 97.7 Å². The zero-order valence-electron chi connectivity index (χ0n) is 6.26. The molecule has 0 heterocycles. The van der Waals surface area contributed by atoms with Crippen molar-refractivity contribution >= 4 is 57.0 Å². The summed E-state index contributed by atoms with van der Waals surface area (Å²) in [4.78, 5) is 12.3. The Morgan fingerprint density at radius 1 is 1.08 bits per heavy atom. The molecule has 2 nitrogen and oxygen atoms in total. The smallest absolute Gasteiger partial charge is 0.298 e. The van der Waals surface area contributed by atoms with Gasteiger partial charge in [-0.2, -0.15) is 0 Å². The first kappa shape index (κ1) is 11.2. The fraction of sp³-hybridized carbons (Fsp3) is 0. The maximum atomic E-state index is 10.1. The predicted molar refractivity (Wildman–Crippen MR) is 62.1 cm³/mol. The van der Waals surface area contributed by atoms with E-state index in [2.05, 4.69) is 55.3 Å². The lowest BCUT2D eigenvalue weighted by atomic mass is 10.3. The SMILES string of the molecule is O=COc1cc(S)c(S)c(S)c1S. The molecule has 70 valence electrons. The summed E-state index contributed by atoms with van der Waals surface area (Å²) in [5.41, 5.74) is 0. The second kappa shape index (κ2) is 4.54. The molecular weight excluding hydrogens is 244 g/mol. The molecule has 6 heteroatoms. The number of carbonyl (C=O) groups excluding carboxylic acids is 1. The molecule has 1 aromatic rings. The summed E-state index contributed by atoms with van der Waals surface area (Å²) in [5.74, 6) is 0.325.